The molecule has 15 heavy (non-hydrogen) atoms. The number of aromatic nitrogens is 3. The highest BCUT2D eigenvalue weighted by Crippen LogP contribution is 2.09. The van der Waals surface area contributed by atoms with Crippen molar-refractivity contribution in [1.82, 2.24) is 14.3 Å². The summed E-state index contributed by atoms with van der Waals surface area (Å²) in [6.45, 7) is 0. The molecule has 78 valence electrons. The molecular formula is C10H11N3O2. The van der Waals surface area contributed by atoms with Crippen molar-refractivity contribution in [1.29, 1.82) is 0 Å². The van der Waals surface area contributed by atoms with Crippen LogP contribution >= 0.6 is 0 Å². The second-order valence-electron chi connectivity index (χ2n) is 3.11. The van der Waals surface area contributed by atoms with Crippen LogP contribution in [0.3, 0.4) is 0 Å². The lowest BCUT2D eigenvalue weighted by Gasteiger charge is -2.01. The molecular weight excluding hydrogens is 194 g/mol. The fraction of sp³-hybridized carbons (Fsp3) is 0.200. The molecule has 0 radical (unpaired) electrons. The molecule has 2 heterocycles. The van der Waals surface area contributed by atoms with E-state index in [0.29, 0.717) is 5.56 Å². The Kier molecular flexibility index (Phi) is 2.29. The third kappa shape index (κ3) is 1.63. The van der Waals surface area contributed by atoms with Crippen LogP contribution in [0.25, 0.3) is 5.82 Å². The largest absolute Gasteiger partial charge is 0.465 e. The average Bonchev–Trinajstić information content (AvgIpc) is 2.84. The Hall–Kier alpha value is -2.04. The van der Waals surface area contributed by atoms with Gasteiger partial charge in [-0.15, -0.1) is 0 Å². The molecule has 2 aromatic rings. The summed E-state index contributed by atoms with van der Waals surface area (Å²) >= 11 is 0. The number of hydrogen-bond donors (Lipinski definition) is 0. The van der Waals surface area contributed by atoms with Gasteiger partial charge in [-0.25, -0.2) is 4.79 Å². The number of ether oxygens (including phenoxy) is 1. The molecule has 0 aromatic carbocycles. The van der Waals surface area contributed by atoms with Crippen LogP contribution in [0, 0.1) is 0 Å². The first kappa shape index (κ1) is 9.51. The smallest absolute Gasteiger partial charge is 0.339 e. The van der Waals surface area contributed by atoms with E-state index in [0.717, 1.165) is 5.82 Å². The first-order chi connectivity index (χ1) is 7.22. The van der Waals surface area contributed by atoms with Crippen molar-refractivity contribution in [3.63, 3.8) is 0 Å². The number of hydrogen-bond acceptors (Lipinski definition) is 3. The zero-order chi connectivity index (χ0) is 10.8. The highest BCUT2D eigenvalue weighted by atomic mass is 16.5. The molecule has 0 aliphatic heterocycles. The number of rotatable bonds is 2. The van der Waals surface area contributed by atoms with E-state index in [2.05, 4.69) is 9.84 Å². The predicted molar refractivity (Wildman–Crippen MR) is 53.9 cm³/mol. The standard InChI is InChI=1S/C10H11N3O2/c1-12-9(3-5-11-12)13-6-4-8(7-13)10(14)15-2/h3-7H,1-2H3. The lowest BCUT2D eigenvalue weighted by atomic mass is 10.3. The minimum Gasteiger partial charge on any atom is -0.465 e. The van der Waals surface area contributed by atoms with Gasteiger partial charge in [0.1, 0.15) is 5.82 Å². The third-order valence-electron chi connectivity index (χ3n) is 2.17. The molecule has 0 aliphatic carbocycles. The van der Waals surface area contributed by atoms with E-state index in [1.54, 1.807) is 29.3 Å². The summed E-state index contributed by atoms with van der Waals surface area (Å²) in [5.74, 6) is 0.557. The molecule has 0 atom stereocenters. The summed E-state index contributed by atoms with van der Waals surface area (Å²) in [6, 6.07) is 3.57. The van der Waals surface area contributed by atoms with Crippen molar-refractivity contribution >= 4 is 5.97 Å². The van der Waals surface area contributed by atoms with Gasteiger partial charge in [-0.05, 0) is 6.07 Å². The molecule has 0 spiro atoms. The number of carbonyl (C=O) groups excluding carboxylic acids is 1. The van der Waals surface area contributed by atoms with Gasteiger partial charge in [0.05, 0.1) is 18.9 Å². The Morgan fingerprint density at radius 2 is 2.27 bits per heavy atom. The van der Waals surface area contributed by atoms with Gasteiger partial charge in [-0.1, -0.05) is 0 Å². The number of carbonyl (C=O) groups is 1. The molecule has 0 saturated carbocycles. The minimum absolute atomic E-state index is 0.337. The van der Waals surface area contributed by atoms with Gasteiger partial charge in [0.25, 0.3) is 0 Å². The Bertz CT molecular complexity index is 484. The highest BCUT2D eigenvalue weighted by molar-refractivity contribution is 5.89. The number of aryl methyl sites for hydroxylation is 1. The van der Waals surface area contributed by atoms with Gasteiger partial charge >= 0.3 is 5.97 Å². The molecule has 2 aromatic heterocycles. The summed E-state index contributed by atoms with van der Waals surface area (Å²) in [7, 11) is 3.21. The predicted octanol–water partition coefficient (Wildman–Crippen LogP) is 0.997. The molecule has 2 rings (SSSR count). The van der Waals surface area contributed by atoms with Crippen LogP contribution in [0.15, 0.2) is 30.7 Å². The van der Waals surface area contributed by atoms with Crippen LogP contribution in [-0.2, 0) is 11.8 Å². The Labute approximate surface area is 86.9 Å². The molecule has 5 heteroatoms. The average molecular weight is 205 g/mol. The summed E-state index contributed by atoms with van der Waals surface area (Å²) in [4.78, 5) is 11.2. The second-order valence-corrected chi connectivity index (χ2v) is 3.11. The van der Waals surface area contributed by atoms with E-state index in [1.165, 1.54) is 7.11 Å². The van der Waals surface area contributed by atoms with Crippen LogP contribution in [0.4, 0.5) is 0 Å². The van der Waals surface area contributed by atoms with Gasteiger partial charge in [0, 0.05) is 25.5 Å². The van der Waals surface area contributed by atoms with Gasteiger partial charge in [-0.2, -0.15) is 5.10 Å². The van der Waals surface area contributed by atoms with Crippen LogP contribution in [0.5, 0.6) is 0 Å². The molecule has 0 unspecified atom stereocenters. The molecule has 5 nitrogen and oxygen atoms in total. The molecule has 0 bridgehead atoms. The Balaban J connectivity index is 2.36. The Morgan fingerprint density at radius 1 is 1.47 bits per heavy atom. The molecule has 0 aliphatic rings. The maximum Gasteiger partial charge on any atom is 0.339 e. The third-order valence-corrected chi connectivity index (χ3v) is 2.17. The zero-order valence-electron chi connectivity index (χ0n) is 8.54. The van der Waals surface area contributed by atoms with Gasteiger partial charge in [-0.3, -0.25) is 4.68 Å². The first-order valence-corrected chi connectivity index (χ1v) is 4.47. The topological polar surface area (TPSA) is 49.1 Å². The number of esters is 1. The fourth-order valence-corrected chi connectivity index (χ4v) is 1.40. The number of methoxy groups -OCH3 is 1. The van der Waals surface area contributed by atoms with Crippen LogP contribution < -0.4 is 0 Å². The van der Waals surface area contributed by atoms with Crippen molar-refractivity contribution < 1.29 is 9.53 Å². The van der Waals surface area contributed by atoms with E-state index in [9.17, 15) is 4.79 Å². The SMILES string of the molecule is COC(=O)c1ccn(-c2ccnn2C)c1. The van der Waals surface area contributed by atoms with Gasteiger partial charge in [0.2, 0.25) is 0 Å². The van der Waals surface area contributed by atoms with Crippen molar-refractivity contribution in [2.75, 3.05) is 7.11 Å². The molecule has 0 fully saturated rings. The minimum atomic E-state index is -0.337. The maximum atomic E-state index is 11.2. The van der Waals surface area contributed by atoms with Crippen LogP contribution in [-0.4, -0.2) is 27.4 Å². The van der Waals surface area contributed by atoms with Crippen molar-refractivity contribution in [3.8, 4) is 5.82 Å². The van der Waals surface area contributed by atoms with E-state index in [4.69, 9.17) is 0 Å². The van der Waals surface area contributed by atoms with Gasteiger partial charge in [0.15, 0.2) is 0 Å². The van der Waals surface area contributed by atoms with E-state index in [-0.39, 0.29) is 5.97 Å². The first-order valence-electron chi connectivity index (χ1n) is 4.47. The monoisotopic (exact) mass is 205 g/mol. The summed E-state index contributed by atoms with van der Waals surface area (Å²) < 4.78 is 8.16. The number of nitrogens with zero attached hydrogens (tertiary/aromatic N) is 3. The van der Waals surface area contributed by atoms with Crippen LogP contribution in [0.1, 0.15) is 10.4 Å². The van der Waals surface area contributed by atoms with E-state index in [1.807, 2.05) is 17.7 Å². The lowest BCUT2D eigenvalue weighted by Crippen LogP contribution is -2.02. The fourth-order valence-electron chi connectivity index (χ4n) is 1.40. The van der Waals surface area contributed by atoms with Crippen LogP contribution in [0.2, 0.25) is 0 Å². The quantitative estimate of drug-likeness (QED) is 0.687. The molecule has 0 saturated heterocycles. The normalized spacial score (nSPS) is 10.3. The Morgan fingerprint density at radius 3 is 2.87 bits per heavy atom. The zero-order valence-corrected chi connectivity index (χ0v) is 8.54. The maximum absolute atomic E-state index is 11.2. The molecule has 0 amide bonds. The second kappa shape index (κ2) is 3.61. The molecule has 0 N–H and O–H groups in total. The highest BCUT2D eigenvalue weighted by Gasteiger charge is 2.08. The van der Waals surface area contributed by atoms with Crippen molar-refractivity contribution in [2.45, 2.75) is 0 Å². The van der Waals surface area contributed by atoms with E-state index < -0.39 is 0 Å². The summed E-state index contributed by atoms with van der Waals surface area (Å²) in [5.41, 5.74) is 0.527. The van der Waals surface area contributed by atoms with Gasteiger partial charge < -0.3 is 9.30 Å². The van der Waals surface area contributed by atoms with Crippen molar-refractivity contribution in [3.05, 3.63) is 36.3 Å². The summed E-state index contributed by atoms with van der Waals surface area (Å²) in [6.07, 6.45) is 5.21. The lowest BCUT2D eigenvalue weighted by molar-refractivity contribution is 0.0601. The summed E-state index contributed by atoms with van der Waals surface area (Å²) in [5, 5.41) is 4.05. The van der Waals surface area contributed by atoms with E-state index >= 15 is 0 Å². The van der Waals surface area contributed by atoms with Crippen molar-refractivity contribution in [2.24, 2.45) is 7.05 Å².